The smallest absolute Gasteiger partial charge is 0.162 e. The SMILES string of the molecule is CCNC1CCCCC1Cc1cccc(F)c1F. The lowest BCUT2D eigenvalue weighted by atomic mass is 9.80. The van der Waals surface area contributed by atoms with Crippen LogP contribution in [0.1, 0.15) is 38.2 Å². The van der Waals surface area contributed by atoms with Gasteiger partial charge < -0.3 is 5.32 Å². The second-order valence-electron chi connectivity index (χ2n) is 5.13. The van der Waals surface area contributed by atoms with E-state index in [1.54, 1.807) is 12.1 Å². The van der Waals surface area contributed by atoms with Crippen molar-refractivity contribution in [2.45, 2.75) is 45.1 Å². The Kier molecular flexibility index (Phi) is 4.70. The number of rotatable bonds is 4. The molecule has 2 rings (SSSR count). The number of halogens is 2. The monoisotopic (exact) mass is 253 g/mol. The quantitative estimate of drug-likeness (QED) is 0.863. The summed E-state index contributed by atoms with van der Waals surface area (Å²) in [6.07, 6.45) is 5.33. The Hall–Kier alpha value is -0.960. The first-order valence-corrected chi connectivity index (χ1v) is 6.88. The third-order valence-electron chi connectivity index (χ3n) is 3.89. The zero-order chi connectivity index (χ0) is 13.0. The minimum atomic E-state index is -0.733. The zero-order valence-corrected chi connectivity index (χ0v) is 10.9. The predicted molar refractivity (Wildman–Crippen MR) is 69.5 cm³/mol. The molecule has 3 heteroatoms. The van der Waals surface area contributed by atoms with Crippen molar-refractivity contribution >= 4 is 0 Å². The molecule has 1 nitrogen and oxygen atoms in total. The van der Waals surface area contributed by atoms with Crippen LogP contribution in [0.4, 0.5) is 8.78 Å². The second-order valence-corrected chi connectivity index (χ2v) is 5.13. The molecule has 100 valence electrons. The van der Waals surface area contributed by atoms with Gasteiger partial charge in [-0.15, -0.1) is 0 Å². The average molecular weight is 253 g/mol. The molecule has 0 amide bonds. The van der Waals surface area contributed by atoms with Crippen LogP contribution in [0.3, 0.4) is 0 Å². The fraction of sp³-hybridized carbons (Fsp3) is 0.600. The maximum Gasteiger partial charge on any atom is 0.162 e. The number of nitrogens with one attached hydrogen (secondary N) is 1. The molecule has 0 heterocycles. The Balaban J connectivity index is 2.08. The summed E-state index contributed by atoms with van der Waals surface area (Å²) in [5.41, 5.74) is 0.518. The summed E-state index contributed by atoms with van der Waals surface area (Å²) >= 11 is 0. The summed E-state index contributed by atoms with van der Waals surface area (Å²) in [6, 6.07) is 4.93. The van der Waals surface area contributed by atoms with Crippen molar-refractivity contribution in [3.63, 3.8) is 0 Å². The molecule has 1 aromatic carbocycles. The first-order chi connectivity index (χ1) is 8.72. The van der Waals surface area contributed by atoms with Crippen LogP contribution < -0.4 is 5.32 Å². The summed E-state index contributed by atoms with van der Waals surface area (Å²) in [4.78, 5) is 0. The van der Waals surface area contributed by atoms with Gasteiger partial charge in [-0.1, -0.05) is 31.9 Å². The standard InChI is InChI=1S/C15H21F2N/c1-2-18-14-9-4-3-6-11(14)10-12-7-5-8-13(16)15(12)17/h5,7-8,11,14,18H,2-4,6,9-10H2,1H3. The van der Waals surface area contributed by atoms with E-state index in [9.17, 15) is 8.78 Å². The van der Waals surface area contributed by atoms with Gasteiger partial charge in [0.05, 0.1) is 0 Å². The topological polar surface area (TPSA) is 12.0 Å². The van der Waals surface area contributed by atoms with E-state index in [4.69, 9.17) is 0 Å². The summed E-state index contributed by atoms with van der Waals surface area (Å²) in [6.45, 7) is 3.03. The van der Waals surface area contributed by atoms with E-state index in [-0.39, 0.29) is 0 Å². The Labute approximate surface area is 108 Å². The van der Waals surface area contributed by atoms with Crippen molar-refractivity contribution in [2.24, 2.45) is 5.92 Å². The molecule has 0 aromatic heterocycles. The largest absolute Gasteiger partial charge is 0.314 e. The normalized spacial score (nSPS) is 24.2. The minimum absolute atomic E-state index is 0.426. The van der Waals surface area contributed by atoms with Crippen LogP contribution in [0.25, 0.3) is 0 Å². The van der Waals surface area contributed by atoms with Gasteiger partial charge >= 0.3 is 0 Å². The van der Waals surface area contributed by atoms with E-state index < -0.39 is 11.6 Å². The highest BCUT2D eigenvalue weighted by Crippen LogP contribution is 2.28. The van der Waals surface area contributed by atoms with Crippen molar-refractivity contribution in [2.75, 3.05) is 6.54 Å². The van der Waals surface area contributed by atoms with E-state index in [2.05, 4.69) is 12.2 Å². The fourth-order valence-electron chi connectivity index (χ4n) is 2.97. The van der Waals surface area contributed by atoms with E-state index in [1.165, 1.54) is 18.9 Å². The molecular weight excluding hydrogens is 232 g/mol. The molecule has 18 heavy (non-hydrogen) atoms. The van der Waals surface area contributed by atoms with Gasteiger partial charge in [-0.2, -0.15) is 0 Å². The first-order valence-electron chi connectivity index (χ1n) is 6.88. The number of hydrogen-bond acceptors (Lipinski definition) is 1. The van der Waals surface area contributed by atoms with Crippen molar-refractivity contribution in [1.82, 2.24) is 5.32 Å². The first kappa shape index (κ1) is 13.5. The van der Waals surface area contributed by atoms with Crippen LogP contribution in [0.2, 0.25) is 0 Å². The molecule has 2 atom stereocenters. The van der Waals surface area contributed by atoms with Gasteiger partial charge in [0.1, 0.15) is 0 Å². The molecule has 0 saturated heterocycles. The lowest BCUT2D eigenvalue weighted by molar-refractivity contribution is 0.262. The van der Waals surface area contributed by atoms with E-state index in [0.717, 1.165) is 19.4 Å². The summed E-state index contributed by atoms with van der Waals surface area (Å²) in [7, 11) is 0. The Morgan fingerprint density at radius 2 is 2.00 bits per heavy atom. The average Bonchev–Trinajstić information content (AvgIpc) is 2.37. The Morgan fingerprint density at radius 3 is 2.78 bits per heavy atom. The minimum Gasteiger partial charge on any atom is -0.314 e. The van der Waals surface area contributed by atoms with Gasteiger partial charge in [0, 0.05) is 6.04 Å². The Bertz CT molecular complexity index is 390. The van der Waals surface area contributed by atoms with Crippen molar-refractivity contribution in [3.05, 3.63) is 35.4 Å². The van der Waals surface area contributed by atoms with Gasteiger partial charge in [0.25, 0.3) is 0 Å². The van der Waals surface area contributed by atoms with Crippen LogP contribution in [-0.4, -0.2) is 12.6 Å². The highest BCUT2D eigenvalue weighted by Gasteiger charge is 2.25. The van der Waals surface area contributed by atoms with Gasteiger partial charge in [-0.3, -0.25) is 0 Å². The summed E-state index contributed by atoms with van der Waals surface area (Å²) < 4.78 is 26.9. The molecule has 0 radical (unpaired) electrons. The number of hydrogen-bond donors (Lipinski definition) is 1. The predicted octanol–water partition coefficient (Wildman–Crippen LogP) is 3.68. The van der Waals surface area contributed by atoms with E-state index in [1.807, 2.05) is 0 Å². The third-order valence-corrected chi connectivity index (χ3v) is 3.89. The van der Waals surface area contributed by atoms with Crippen LogP contribution >= 0.6 is 0 Å². The lowest BCUT2D eigenvalue weighted by Crippen LogP contribution is -2.39. The molecule has 1 aliphatic rings. The van der Waals surface area contributed by atoms with Crippen molar-refractivity contribution in [3.8, 4) is 0 Å². The molecule has 0 spiro atoms. The second kappa shape index (κ2) is 6.28. The van der Waals surface area contributed by atoms with Gasteiger partial charge in [-0.25, -0.2) is 8.78 Å². The molecule has 1 aliphatic carbocycles. The van der Waals surface area contributed by atoms with E-state index in [0.29, 0.717) is 23.9 Å². The highest BCUT2D eigenvalue weighted by atomic mass is 19.2. The molecule has 1 N–H and O–H groups in total. The third kappa shape index (κ3) is 3.08. The van der Waals surface area contributed by atoms with Crippen molar-refractivity contribution < 1.29 is 8.78 Å². The van der Waals surface area contributed by atoms with Crippen LogP contribution in [0.15, 0.2) is 18.2 Å². The van der Waals surface area contributed by atoms with Crippen LogP contribution in [-0.2, 0) is 6.42 Å². The van der Waals surface area contributed by atoms with E-state index >= 15 is 0 Å². The number of benzene rings is 1. The fourth-order valence-corrected chi connectivity index (χ4v) is 2.97. The highest BCUT2D eigenvalue weighted by molar-refractivity contribution is 5.20. The summed E-state index contributed by atoms with van der Waals surface area (Å²) in [5.74, 6) is -0.975. The zero-order valence-electron chi connectivity index (χ0n) is 10.9. The molecule has 0 bridgehead atoms. The van der Waals surface area contributed by atoms with Gasteiger partial charge in [0.15, 0.2) is 11.6 Å². The molecule has 0 aliphatic heterocycles. The maximum absolute atomic E-state index is 13.7. The molecule has 1 saturated carbocycles. The van der Waals surface area contributed by atoms with Crippen LogP contribution in [0, 0.1) is 17.6 Å². The molecule has 1 aromatic rings. The van der Waals surface area contributed by atoms with Gasteiger partial charge in [-0.05, 0) is 43.4 Å². The lowest BCUT2D eigenvalue weighted by Gasteiger charge is -2.32. The summed E-state index contributed by atoms with van der Waals surface area (Å²) in [5, 5.41) is 3.47. The molecule has 2 unspecified atom stereocenters. The van der Waals surface area contributed by atoms with Crippen LogP contribution in [0.5, 0.6) is 0 Å². The maximum atomic E-state index is 13.7. The Morgan fingerprint density at radius 1 is 1.22 bits per heavy atom. The van der Waals surface area contributed by atoms with Gasteiger partial charge in [0.2, 0.25) is 0 Å². The molecular formula is C15H21F2N. The molecule has 1 fully saturated rings. The van der Waals surface area contributed by atoms with Crippen molar-refractivity contribution in [1.29, 1.82) is 0 Å².